The molecule has 66 valence electrons. The number of nitrogens with zero attached hydrogens (tertiary/aromatic N) is 2. The Morgan fingerprint density at radius 3 is 2.42 bits per heavy atom. The van der Waals surface area contributed by atoms with E-state index in [9.17, 15) is 0 Å². The van der Waals surface area contributed by atoms with Gasteiger partial charge >= 0.3 is 0 Å². The van der Waals surface area contributed by atoms with Crippen LogP contribution in [0.3, 0.4) is 0 Å². The molecule has 1 aromatic heterocycles. The van der Waals surface area contributed by atoms with E-state index >= 15 is 0 Å². The lowest BCUT2D eigenvalue weighted by Crippen LogP contribution is -1.85. The molecule has 0 radical (unpaired) electrons. The molecule has 0 amide bonds. The van der Waals surface area contributed by atoms with E-state index in [0.29, 0.717) is 17.7 Å². The average molecular weight is 166 g/mol. The zero-order chi connectivity index (χ0) is 9.14. The van der Waals surface area contributed by atoms with Crippen LogP contribution >= 0.6 is 0 Å². The zero-order valence-electron chi connectivity index (χ0n) is 7.96. The van der Waals surface area contributed by atoms with Gasteiger partial charge in [-0.05, 0) is 13.8 Å². The summed E-state index contributed by atoms with van der Waals surface area (Å²) in [5.41, 5.74) is 1.16. The molecule has 0 aliphatic carbocycles. The highest BCUT2D eigenvalue weighted by Gasteiger charge is 2.06. The second-order valence-electron chi connectivity index (χ2n) is 3.35. The van der Waals surface area contributed by atoms with Crippen molar-refractivity contribution in [3.05, 3.63) is 17.4 Å². The Balaban J connectivity index is 2.85. The van der Waals surface area contributed by atoms with Gasteiger partial charge in [-0.15, -0.1) is 10.2 Å². The van der Waals surface area contributed by atoms with E-state index in [1.165, 1.54) is 0 Å². The van der Waals surface area contributed by atoms with Crippen LogP contribution in [0.5, 0.6) is 0 Å². The van der Waals surface area contributed by atoms with Crippen molar-refractivity contribution in [2.24, 2.45) is 0 Å². The van der Waals surface area contributed by atoms with E-state index in [-0.39, 0.29) is 0 Å². The molecule has 3 heteroatoms. The molecule has 0 spiro atoms. The molecule has 1 aromatic rings. The maximum Gasteiger partial charge on any atom is 0.240 e. The summed E-state index contributed by atoms with van der Waals surface area (Å²) < 4.78 is 5.36. The molecule has 0 bridgehead atoms. The van der Waals surface area contributed by atoms with Gasteiger partial charge in [0.15, 0.2) is 0 Å². The first kappa shape index (κ1) is 8.97. The number of rotatable bonds is 2. The molecule has 0 N–H and O–H groups in total. The Bertz CT molecular complexity index is 282. The third-order valence-corrected chi connectivity index (χ3v) is 1.36. The van der Waals surface area contributed by atoms with Gasteiger partial charge in [0.25, 0.3) is 0 Å². The fourth-order valence-corrected chi connectivity index (χ4v) is 0.785. The monoisotopic (exact) mass is 166 g/mol. The van der Waals surface area contributed by atoms with Crippen LogP contribution in [0.4, 0.5) is 0 Å². The normalized spacial score (nSPS) is 10.4. The molecule has 3 nitrogen and oxygen atoms in total. The Labute approximate surface area is 72.5 Å². The van der Waals surface area contributed by atoms with Gasteiger partial charge in [0.05, 0.1) is 0 Å². The van der Waals surface area contributed by atoms with Crippen LogP contribution in [-0.4, -0.2) is 10.2 Å². The summed E-state index contributed by atoms with van der Waals surface area (Å²) in [6.45, 7) is 8.05. The van der Waals surface area contributed by atoms with Crippen molar-refractivity contribution in [1.82, 2.24) is 10.2 Å². The first-order valence-electron chi connectivity index (χ1n) is 4.08. The predicted molar refractivity (Wildman–Crippen MR) is 47.7 cm³/mol. The van der Waals surface area contributed by atoms with E-state index in [1.54, 1.807) is 0 Å². The van der Waals surface area contributed by atoms with Crippen LogP contribution in [0.2, 0.25) is 0 Å². The highest BCUT2D eigenvalue weighted by molar-refractivity contribution is 5.40. The smallest absolute Gasteiger partial charge is 0.240 e. The van der Waals surface area contributed by atoms with E-state index in [2.05, 4.69) is 10.2 Å². The summed E-state index contributed by atoms with van der Waals surface area (Å²) >= 11 is 0. The van der Waals surface area contributed by atoms with E-state index in [1.807, 2.05) is 33.8 Å². The molecular weight excluding hydrogens is 152 g/mol. The lowest BCUT2D eigenvalue weighted by atomic mass is 10.2. The van der Waals surface area contributed by atoms with Gasteiger partial charge < -0.3 is 4.42 Å². The summed E-state index contributed by atoms with van der Waals surface area (Å²) in [5, 5.41) is 7.79. The number of hydrogen-bond donors (Lipinski definition) is 0. The van der Waals surface area contributed by atoms with Crippen molar-refractivity contribution in [1.29, 1.82) is 0 Å². The highest BCUT2D eigenvalue weighted by Crippen LogP contribution is 2.13. The van der Waals surface area contributed by atoms with Gasteiger partial charge in [-0.25, -0.2) is 0 Å². The molecule has 1 rings (SSSR count). The fourth-order valence-electron chi connectivity index (χ4n) is 0.785. The standard InChI is InChI=1S/C9H14N2O/c1-6(2)5-8-10-11-9(12-8)7(3)4/h5,7H,1-4H3. The van der Waals surface area contributed by atoms with E-state index < -0.39 is 0 Å². The van der Waals surface area contributed by atoms with Crippen LogP contribution < -0.4 is 0 Å². The predicted octanol–water partition coefficient (Wildman–Crippen LogP) is 2.62. The molecule has 0 saturated carbocycles. The van der Waals surface area contributed by atoms with Crippen LogP contribution in [0.25, 0.3) is 6.08 Å². The third kappa shape index (κ3) is 2.19. The number of allylic oxidation sites excluding steroid dienone is 1. The maximum absolute atomic E-state index is 5.36. The van der Waals surface area contributed by atoms with Gasteiger partial charge in [-0.2, -0.15) is 0 Å². The lowest BCUT2D eigenvalue weighted by molar-refractivity contribution is 0.463. The van der Waals surface area contributed by atoms with Crippen LogP contribution in [0.1, 0.15) is 45.4 Å². The Morgan fingerprint density at radius 1 is 1.33 bits per heavy atom. The first-order chi connectivity index (χ1) is 5.59. The quantitative estimate of drug-likeness (QED) is 0.677. The molecule has 0 unspecified atom stereocenters. The Kier molecular flexibility index (Phi) is 2.63. The van der Waals surface area contributed by atoms with Crippen LogP contribution in [0, 0.1) is 0 Å². The van der Waals surface area contributed by atoms with Crippen LogP contribution in [-0.2, 0) is 0 Å². The molecule has 0 fully saturated rings. The number of aromatic nitrogens is 2. The molecule has 0 aromatic carbocycles. The lowest BCUT2D eigenvalue weighted by Gasteiger charge is -1.92. The molecule has 0 aliphatic rings. The van der Waals surface area contributed by atoms with Gasteiger partial charge in [0.2, 0.25) is 11.8 Å². The van der Waals surface area contributed by atoms with Crippen molar-refractivity contribution in [2.75, 3.05) is 0 Å². The highest BCUT2D eigenvalue weighted by atomic mass is 16.4. The summed E-state index contributed by atoms with van der Waals surface area (Å²) in [4.78, 5) is 0. The SMILES string of the molecule is CC(C)=Cc1nnc(C(C)C)o1. The zero-order valence-corrected chi connectivity index (χ0v) is 7.96. The second-order valence-corrected chi connectivity index (χ2v) is 3.35. The molecule has 1 heterocycles. The van der Waals surface area contributed by atoms with Crippen molar-refractivity contribution >= 4 is 6.08 Å². The van der Waals surface area contributed by atoms with Gasteiger partial charge in [-0.3, -0.25) is 0 Å². The van der Waals surface area contributed by atoms with Gasteiger partial charge in [0, 0.05) is 12.0 Å². The molecule has 0 aliphatic heterocycles. The van der Waals surface area contributed by atoms with Crippen LogP contribution in [0.15, 0.2) is 9.99 Å². The number of hydrogen-bond acceptors (Lipinski definition) is 3. The summed E-state index contributed by atoms with van der Waals surface area (Å²) in [6.07, 6.45) is 1.87. The minimum atomic E-state index is 0.303. The van der Waals surface area contributed by atoms with Crippen molar-refractivity contribution in [3.63, 3.8) is 0 Å². The third-order valence-electron chi connectivity index (χ3n) is 1.36. The van der Waals surface area contributed by atoms with Crippen molar-refractivity contribution in [3.8, 4) is 0 Å². The Morgan fingerprint density at radius 2 is 2.00 bits per heavy atom. The first-order valence-corrected chi connectivity index (χ1v) is 4.08. The molecular formula is C9H14N2O. The molecule has 0 atom stereocenters. The maximum atomic E-state index is 5.36. The van der Waals surface area contributed by atoms with E-state index in [0.717, 1.165) is 5.57 Å². The largest absolute Gasteiger partial charge is 0.421 e. The van der Waals surface area contributed by atoms with Crippen molar-refractivity contribution < 1.29 is 4.42 Å². The van der Waals surface area contributed by atoms with Gasteiger partial charge in [-0.1, -0.05) is 19.4 Å². The fraction of sp³-hybridized carbons (Fsp3) is 0.556. The summed E-state index contributed by atoms with van der Waals surface area (Å²) in [6, 6.07) is 0. The summed E-state index contributed by atoms with van der Waals surface area (Å²) in [7, 11) is 0. The van der Waals surface area contributed by atoms with E-state index in [4.69, 9.17) is 4.42 Å². The molecule has 12 heavy (non-hydrogen) atoms. The van der Waals surface area contributed by atoms with Crippen molar-refractivity contribution in [2.45, 2.75) is 33.6 Å². The molecule has 0 saturated heterocycles. The average Bonchev–Trinajstić information content (AvgIpc) is 2.34. The Hall–Kier alpha value is -1.12. The second kappa shape index (κ2) is 3.52. The minimum absolute atomic E-state index is 0.303. The van der Waals surface area contributed by atoms with Gasteiger partial charge in [0.1, 0.15) is 0 Å². The topological polar surface area (TPSA) is 38.9 Å². The summed E-state index contributed by atoms with van der Waals surface area (Å²) in [5.74, 6) is 1.60. The minimum Gasteiger partial charge on any atom is -0.421 e.